The normalized spacial score (nSPS) is 14.5. The Kier molecular flexibility index (Phi) is 60.6. The minimum Gasteiger partial charge on any atom is -0.756 e. The average Bonchev–Trinajstić information content (AvgIpc) is 3.50. The van der Waals surface area contributed by atoms with Crippen molar-refractivity contribution >= 4 is 13.7 Å². The van der Waals surface area contributed by atoms with Gasteiger partial charge in [0.15, 0.2) is 0 Å². The summed E-state index contributed by atoms with van der Waals surface area (Å²) in [4.78, 5) is 25.6. The lowest BCUT2D eigenvalue weighted by molar-refractivity contribution is -0.870. The Balaban J connectivity index is 4.19. The van der Waals surface area contributed by atoms with E-state index in [9.17, 15) is 19.4 Å². The van der Waals surface area contributed by atoms with Crippen LogP contribution in [0, 0.1) is 0 Å². The Bertz CT molecular complexity index is 1810. The van der Waals surface area contributed by atoms with Crippen molar-refractivity contribution in [1.82, 2.24) is 5.32 Å². The number of phosphoric acid groups is 1. The number of carbonyl (C=O) groups excluding carboxylic acids is 1. The second-order valence-electron chi connectivity index (χ2n) is 23.8. The fourth-order valence-electron chi connectivity index (χ4n) is 9.34. The van der Waals surface area contributed by atoms with Crippen LogP contribution in [0.25, 0.3) is 0 Å². The van der Waals surface area contributed by atoms with E-state index in [0.717, 1.165) is 109 Å². The molecule has 0 aliphatic carbocycles. The van der Waals surface area contributed by atoms with Gasteiger partial charge in [-0.15, -0.1) is 0 Å². The quantitative estimate of drug-likeness (QED) is 0.0272. The third-order valence-electron chi connectivity index (χ3n) is 14.6. The third kappa shape index (κ3) is 66.0. The summed E-state index contributed by atoms with van der Waals surface area (Å²) in [5, 5.41) is 13.9. The number of allylic oxidation sites excluding steroid dienone is 21. The minimum absolute atomic E-state index is 0.0137. The number of likely N-dealkylation sites (N-methyl/N-ethyl adjacent to an activating group) is 1. The molecule has 0 aliphatic rings. The molecule has 0 heterocycles. The van der Waals surface area contributed by atoms with E-state index in [-0.39, 0.29) is 12.5 Å². The Labute approximate surface area is 513 Å². The fourth-order valence-corrected chi connectivity index (χ4v) is 10.1. The number of aliphatic hydroxyl groups is 1. The summed E-state index contributed by atoms with van der Waals surface area (Å²) in [6, 6.07) is -0.918. The van der Waals surface area contributed by atoms with E-state index in [1.807, 2.05) is 27.2 Å². The number of hydrogen-bond acceptors (Lipinski definition) is 6. The molecule has 2 N–H and O–H groups in total. The van der Waals surface area contributed by atoms with Gasteiger partial charge in [-0.05, 0) is 103 Å². The highest BCUT2D eigenvalue weighted by molar-refractivity contribution is 7.45. The van der Waals surface area contributed by atoms with Crippen LogP contribution in [0.2, 0.25) is 0 Å². The number of phosphoric ester groups is 1. The molecule has 0 saturated heterocycles. The number of nitrogens with zero attached hydrogens (tertiary/aromatic N) is 1. The van der Waals surface area contributed by atoms with Crippen LogP contribution in [0.3, 0.4) is 0 Å². The molecule has 0 aromatic rings. The first-order valence-electron chi connectivity index (χ1n) is 34.0. The summed E-state index contributed by atoms with van der Waals surface area (Å²) >= 11 is 0. The lowest BCUT2D eigenvalue weighted by atomic mass is 10.0. The number of amides is 1. The predicted molar refractivity (Wildman–Crippen MR) is 362 cm³/mol. The Hall–Kier alpha value is -3.36. The van der Waals surface area contributed by atoms with E-state index in [1.165, 1.54) is 148 Å². The monoisotopic (exact) mass is 1170 g/mol. The molecule has 0 bridgehead atoms. The van der Waals surface area contributed by atoms with Crippen molar-refractivity contribution in [2.75, 3.05) is 40.9 Å². The summed E-state index contributed by atoms with van der Waals surface area (Å²) in [6.07, 6.45) is 95.6. The molecule has 0 aromatic carbocycles. The molecule has 83 heavy (non-hydrogen) atoms. The number of aliphatic hydroxyl groups excluding tert-OH is 1. The van der Waals surface area contributed by atoms with Crippen LogP contribution >= 0.6 is 7.82 Å². The van der Waals surface area contributed by atoms with Crippen LogP contribution in [0.4, 0.5) is 0 Å². The Morgan fingerprint density at radius 2 is 0.747 bits per heavy atom. The second kappa shape index (κ2) is 63.2. The molecule has 0 fully saturated rings. The largest absolute Gasteiger partial charge is 0.756 e. The summed E-state index contributed by atoms with van der Waals surface area (Å²) < 4.78 is 23.4. The van der Waals surface area contributed by atoms with Crippen molar-refractivity contribution in [3.63, 3.8) is 0 Å². The van der Waals surface area contributed by atoms with Crippen molar-refractivity contribution in [1.29, 1.82) is 0 Å². The lowest BCUT2D eigenvalue weighted by Gasteiger charge is -2.29. The first-order chi connectivity index (χ1) is 40.5. The zero-order chi connectivity index (χ0) is 60.5. The molecular weight excluding hydrogens is 1040 g/mol. The van der Waals surface area contributed by atoms with E-state index in [4.69, 9.17) is 9.05 Å². The molecule has 3 unspecified atom stereocenters. The predicted octanol–water partition coefficient (Wildman–Crippen LogP) is 21.2. The zero-order valence-electron chi connectivity index (χ0n) is 54.4. The maximum absolute atomic E-state index is 13.0. The van der Waals surface area contributed by atoms with E-state index >= 15 is 0 Å². The molecule has 1 amide bonds. The van der Waals surface area contributed by atoms with Crippen molar-refractivity contribution in [2.24, 2.45) is 0 Å². The van der Waals surface area contributed by atoms with Crippen molar-refractivity contribution in [3.05, 3.63) is 134 Å². The first kappa shape index (κ1) is 79.6. The molecule has 3 atom stereocenters. The topological polar surface area (TPSA) is 108 Å². The Morgan fingerprint density at radius 3 is 1.12 bits per heavy atom. The van der Waals surface area contributed by atoms with Gasteiger partial charge in [0.25, 0.3) is 7.82 Å². The van der Waals surface area contributed by atoms with Gasteiger partial charge in [-0.3, -0.25) is 9.36 Å². The van der Waals surface area contributed by atoms with Gasteiger partial charge >= 0.3 is 0 Å². The summed E-state index contributed by atoms with van der Waals surface area (Å²) in [5.74, 6) is -0.217. The number of hydrogen-bond donors (Lipinski definition) is 2. The van der Waals surface area contributed by atoms with Crippen LogP contribution in [0.1, 0.15) is 277 Å². The van der Waals surface area contributed by atoms with Gasteiger partial charge in [-0.1, -0.05) is 302 Å². The molecule has 476 valence electrons. The molecule has 0 radical (unpaired) electrons. The highest BCUT2D eigenvalue weighted by atomic mass is 31.2. The molecule has 0 saturated carbocycles. The van der Waals surface area contributed by atoms with Crippen LogP contribution in [0.15, 0.2) is 134 Å². The molecule has 9 heteroatoms. The standard InChI is InChI=1S/C74H129N2O6P/c1-6-8-10-12-14-16-18-20-22-24-26-28-30-32-33-34-35-36-37-38-39-40-41-42-43-44-46-48-50-52-54-56-58-60-62-64-66-68-74(78)75-72(71-82-83(79,80)81-70-69-76(3,4)5)73(77)67-65-63-61-59-57-55-53-51-49-47-45-31-29-27-25-23-21-19-17-15-13-11-9-7-2/h8,10,14,16,20,22,26,28,32-33,35-36,38-39,41-42,44,46,57,59,65,67,72-73,77H,6-7,9,11-13,15,17-19,21,23-25,27,29-31,34,37,40,43,45,47-56,58,60-64,66,68-71H2,1-5H3,(H-,75,78,79,80)/b10-8-,16-14-,22-20-,28-26-,33-32-,36-35-,39-38-,42-41-,46-44-,59-57+,67-65+. The maximum atomic E-state index is 13.0. The molecule has 8 nitrogen and oxygen atoms in total. The number of nitrogens with one attached hydrogen (secondary N) is 1. The van der Waals surface area contributed by atoms with Crippen LogP contribution in [-0.4, -0.2) is 68.5 Å². The van der Waals surface area contributed by atoms with E-state index in [0.29, 0.717) is 17.4 Å². The van der Waals surface area contributed by atoms with Gasteiger partial charge in [0.05, 0.1) is 39.9 Å². The molecule has 0 rings (SSSR count). The third-order valence-corrected chi connectivity index (χ3v) is 15.6. The number of quaternary nitrogens is 1. The van der Waals surface area contributed by atoms with Gasteiger partial charge < -0.3 is 28.8 Å². The minimum atomic E-state index is -4.62. The second-order valence-corrected chi connectivity index (χ2v) is 25.2. The SMILES string of the molecule is CC/C=C\C/C=C\C/C=C\C/C=C\C/C=C\C/C=C\C/C=C\C/C=C\C/C=C\CCCCCCCCCCCC(=O)NC(COP(=O)([O-])OCC[N+](C)(C)C)C(O)/C=C/CC/C=C/CCCCCCCCCCCCCCCCCCCC. The fraction of sp³-hybridized carbons (Fsp3) is 0.689. The van der Waals surface area contributed by atoms with E-state index in [2.05, 4.69) is 141 Å². The maximum Gasteiger partial charge on any atom is 0.268 e. The van der Waals surface area contributed by atoms with Gasteiger partial charge in [0.2, 0.25) is 5.91 Å². The van der Waals surface area contributed by atoms with Crippen molar-refractivity contribution in [3.8, 4) is 0 Å². The number of unbranched alkanes of at least 4 members (excludes halogenated alkanes) is 28. The highest BCUT2D eigenvalue weighted by Crippen LogP contribution is 2.38. The molecular formula is C74H129N2O6P. The zero-order valence-corrected chi connectivity index (χ0v) is 55.2. The molecule has 0 aliphatic heterocycles. The summed E-state index contributed by atoms with van der Waals surface area (Å²) in [5.41, 5.74) is 0. The lowest BCUT2D eigenvalue weighted by Crippen LogP contribution is -2.45. The van der Waals surface area contributed by atoms with Gasteiger partial charge in [-0.25, -0.2) is 0 Å². The number of rotatable bonds is 61. The Morgan fingerprint density at radius 1 is 0.434 bits per heavy atom. The van der Waals surface area contributed by atoms with E-state index in [1.54, 1.807) is 6.08 Å². The van der Waals surface area contributed by atoms with Crippen molar-refractivity contribution in [2.45, 2.75) is 289 Å². The number of carbonyl (C=O) groups is 1. The van der Waals surface area contributed by atoms with Crippen LogP contribution < -0.4 is 10.2 Å². The summed E-state index contributed by atoms with van der Waals surface area (Å²) in [6.45, 7) is 4.52. The van der Waals surface area contributed by atoms with Crippen LogP contribution in [-0.2, 0) is 18.4 Å². The van der Waals surface area contributed by atoms with E-state index < -0.39 is 26.6 Å². The molecule has 0 aromatic heterocycles. The summed E-state index contributed by atoms with van der Waals surface area (Å²) in [7, 11) is 1.23. The van der Waals surface area contributed by atoms with Gasteiger partial charge in [0.1, 0.15) is 13.2 Å². The highest BCUT2D eigenvalue weighted by Gasteiger charge is 2.23. The van der Waals surface area contributed by atoms with Gasteiger partial charge in [-0.2, -0.15) is 0 Å². The average molecular weight is 1170 g/mol. The van der Waals surface area contributed by atoms with Crippen molar-refractivity contribution < 1.29 is 32.9 Å². The molecule has 0 spiro atoms. The smallest absolute Gasteiger partial charge is 0.268 e. The first-order valence-corrected chi connectivity index (χ1v) is 35.5. The van der Waals surface area contributed by atoms with Gasteiger partial charge in [0, 0.05) is 6.42 Å². The van der Waals surface area contributed by atoms with Crippen LogP contribution in [0.5, 0.6) is 0 Å².